The molecule has 0 aromatic heterocycles. The molecule has 0 bridgehead atoms. The molecule has 1 unspecified atom stereocenters. The van der Waals surface area contributed by atoms with Gasteiger partial charge in [-0.25, -0.2) is 0 Å². The summed E-state index contributed by atoms with van der Waals surface area (Å²) in [4.78, 5) is 38.0. The number of carbonyl (C=O) groups excluding carboxylic acids is 3. The lowest BCUT2D eigenvalue weighted by Crippen LogP contribution is -2.30. The topological polar surface area (TPSA) is 78.9 Å². The Morgan fingerprint density at radius 2 is 0.565 bits per heavy atom. The number of esters is 3. The molecular formula is C56H108O6. The Morgan fingerprint density at radius 1 is 0.323 bits per heavy atom. The van der Waals surface area contributed by atoms with Crippen LogP contribution in [0.2, 0.25) is 0 Å². The minimum atomic E-state index is -0.762. The minimum Gasteiger partial charge on any atom is -0.462 e. The first kappa shape index (κ1) is 60.4. The van der Waals surface area contributed by atoms with E-state index < -0.39 is 6.10 Å². The van der Waals surface area contributed by atoms with Crippen molar-refractivity contribution in [1.82, 2.24) is 0 Å². The van der Waals surface area contributed by atoms with E-state index >= 15 is 0 Å². The SMILES string of the molecule is CCCCCCCCCCCCCCCCCCCCCC(=O)OC[C@H](COC(=O)CCCCCCCCC(C)CC)OC(=O)CCCCCCCCCCCCCCCCC. The molecule has 0 spiro atoms. The Hall–Kier alpha value is -1.59. The van der Waals surface area contributed by atoms with Gasteiger partial charge < -0.3 is 14.2 Å². The van der Waals surface area contributed by atoms with Crippen LogP contribution in [0, 0.1) is 5.92 Å². The molecular weight excluding hydrogens is 769 g/mol. The van der Waals surface area contributed by atoms with Gasteiger partial charge in [0.15, 0.2) is 6.10 Å². The summed E-state index contributed by atoms with van der Waals surface area (Å²) in [6.45, 7) is 9.02. The average molecular weight is 877 g/mol. The van der Waals surface area contributed by atoms with Crippen molar-refractivity contribution in [2.75, 3.05) is 13.2 Å². The van der Waals surface area contributed by atoms with E-state index in [2.05, 4.69) is 27.7 Å². The second kappa shape index (κ2) is 50.4. The molecule has 0 saturated carbocycles. The van der Waals surface area contributed by atoms with Gasteiger partial charge in [0.2, 0.25) is 0 Å². The van der Waals surface area contributed by atoms with E-state index in [9.17, 15) is 14.4 Å². The van der Waals surface area contributed by atoms with Gasteiger partial charge in [-0.2, -0.15) is 0 Å². The minimum absolute atomic E-state index is 0.0630. The third kappa shape index (κ3) is 47.9. The number of rotatable bonds is 51. The van der Waals surface area contributed by atoms with Crippen molar-refractivity contribution in [2.24, 2.45) is 5.92 Å². The van der Waals surface area contributed by atoms with Crippen LogP contribution in [0.3, 0.4) is 0 Å². The van der Waals surface area contributed by atoms with Crippen LogP contribution in [0.5, 0.6) is 0 Å². The van der Waals surface area contributed by atoms with Crippen molar-refractivity contribution in [3.8, 4) is 0 Å². The van der Waals surface area contributed by atoms with Crippen LogP contribution in [0.4, 0.5) is 0 Å². The monoisotopic (exact) mass is 877 g/mol. The largest absolute Gasteiger partial charge is 0.462 e. The Labute approximate surface area is 387 Å². The molecule has 0 rings (SSSR count). The third-order valence-electron chi connectivity index (χ3n) is 13.2. The Morgan fingerprint density at radius 3 is 0.839 bits per heavy atom. The van der Waals surface area contributed by atoms with Gasteiger partial charge in [-0.05, 0) is 25.2 Å². The van der Waals surface area contributed by atoms with Gasteiger partial charge in [-0.3, -0.25) is 14.4 Å². The lowest BCUT2D eigenvalue weighted by atomic mass is 10.00. The number of carbonyl (C=O) groups is 3. The molecule has 0 radical (unpaired) electrons. The predicted octanol–water partition coefficient (Wildman–Crippen LogP) is 18.2. The van der Waals surface area contributed by atoms with Crippen LogP contribution in [0.15, 0.2) is 0 Å². The quantitative estimate of drug-likeness (QED) is 0.0344. The molecule has 2 atom stereocenters. The van der Waals surface area contributed by atoms with Crippen LogP contribution >= 0.6 is 0 Å². The highest BCUT2D eigenvalue weighted by atomic mass is 16.6. The number of ether oxygens (including phenoxy) is 3. The number of unbranched alkanes of at least 4 members (excludes halogenated alkanes) is 37. The first-order chi connectivity index (χ1) is 30.4. The summed E-state index contributed by atoms with van der Waals surface area (Å²) in [7, 11) is 0. The van der Waals surface area contributed by atoms with Gasteiger partial charge in [-0.15, -0.1) is 0 Å². The van der Waals surface area contributed by atoms with E-state index in [1.807, 2.05) is 0 Å². The molecule has 0 aliphatic carbocycles. The fourth-order valence-corrected chi connectivity index (χ4v) is 8.54. The van der Waals surface area contributed by atoms with Gasteiger partial charge in [0.1, 0.15) is 13.2 Å². The van der Waals surface area contributed by atoms with Gasteiger partial charge in [0.25, 0.3) is 0 Å². The van der Waals surface area contributed by atoms with Crippen LogP contribution in [-0.2, 0) is 28.6 Å². The summed E-state index contributed by atoms with van der Waals surface area (Å²) in [5.74, 6) is -0.0286. The standard InChI is InChI=1S/C56H108O6/c1-5-8-10-12-14-16-18-20-22-23-24-25-27-28-30-32-34-39-43-47-54(57)60-50-53(51-61-55(58)48-44-40-37-36-38-42-46-52(4)7-3)62-56(59)49-45-41-35-33-31-29-26-21-19-17-15-13-11-9-6-2/h52-53H,5-51H2,1-4H3/t52?,53-/m1/s1. The molecule has 0 heterocycles. The second-order valence-corrected chi connectivity index (χ2v) is 19.5. The first-order valence-corrected chi connectivity index (χ1v) is 27.9. The predicted molar refractivity (Wildman–Crippen MR) is 266 cm³/mol. The maximum atomic E-state index is 12.8. The molecule has 6 nitrogen and oxygen atoms in total. The van der Waals surface area contributed by atoms with Crippen LogP contribution in [0.25, 0.3) is 0 Å². The van der Waals surface area contributed by atoms with Crippen molar-refractivity contribution in [2.45, 2.75) is 323 Å². The van der Waals surface area contributed by atoms with E-state index in [1.165, 1.54) is 212 Å². The maximum absolute atomic E-state index is 12.8. The molecule has 62 heavy (non-hydrogen) atoms. The summed E-state index contributed by atoms with van der Waals surface area (Å²) >= 11 is 0. The second-order valence-electron chi connectivity index (χ2n) is 19.5. The van der Waals surface area contributed by atoms with E-state index in [0.717, 1.165) is 63.7 Å². The van der Waals surface area contributed by atoms with E-state index in [-0.39, 0.29) is 31.1 Å². The lowest BCUT2D eigenvalue weighted by Gasteiger charge is -2.18. The molecule has 0 N–H and O–H groups in total. The third-order valence-corrected chi connectivity index (χ3v) is 13.2. The van der Waals surface area contributed by atoms with Gasteiger partial charge >= 0.3 is 17.9 Å². The first-order valence-electron chi connectivity index (χ1n) is 27.9. The summed E-state index contributed by atoms with van der Waals surface area (Å²) in [6, 6.07) is 0. The maximum Gasteiger partial charge on any atom is 0.306 e. The molecule has 0 aromatic carbocycles. The van der Waals surface area contributed by atoms with E-state index in [4.69, 9.17) is 14.2 Å². The molecule has 0 amide bonds. The Balaban J connectivity index is 4.24. The average Bonchev–Trinajstić information content (AvgIpc) is 3.27. The van der Waals surface area contributed by atoms with Crippen molar-refractivity contribution in [1.29, 1.82) is 0 Å². The highest BCUT2D eigenvalue weighted by Gasteiger charge is 2.19. The highest BCUT2D eigenvalue weighted by molar-refractivity contribution is 5.71. The molecule has 368 valence electrons. The van der Waals surface area contributed by atoms with Crippen molar-refractivity contribution >= 4 is 17.9 Å². The zero-order valence-corrected chi connectivity index (χ0v) is 42.3. The molecule has 0 aliphatic heterocycles. The fourth-order valence-electron chi connectivity index (χ4n) is 8.54. The van der Waals surface area contributed by atoms with Crippen molar-refractivity contribution < 1.29 is 28.6 Å². The Kier molecular flexibility index (Phi) is 49.1. The molecule has 0 aliphatic rings. The summed E-state index contributed by atoms with van der Waals surface area (Å²) in [5, 5.41) is 0. The number of hydrogen-bond donors (Lipinski definition) is 0. The zero-order chi connectivity index (χ0) is 45.2. The summed E-state index contributed by atoms with van der Waals surface area (Å²) in [6.07, 6.45) is 53.8. The van der Waals surface area contributed by atoms with Crippen LogP contribution in [0.1, 0.15) is 317 Å². The fraction of sp³-hybridized carbons (Fsp3) is 0.946. The van der Waals surface area contributed by atoms with Gasteiger partial charge in [-0.1, -0.05) is 278 Å². The molecule has 0 saturated heterocycles. The molecule has 0 fully saturated rings. The van der Waals surface area contributed by atoms with E-state index in [0.29, 0.717) is 19.3 Å². The lowest BCUT2D eigenvalue weighted by molar-refractivity contribution is -0.167. The smallest absolute Gasteiger partial charge is 0.306 e. The van der Waals surface area contributed by atoms with E-state index in [1.54, 1.807) is 0 Å². The van der Waals surface area contributed by atoms with Gasteiger partial charge in [0, 0.05) is 19.3 Å². The number of hydrogen-bond acceptors (Lipinski definition) is 6. The van der Waals surface area contributed by atoms with Crippen LogP contribution in [-0.4, -0.2) is 37.2 Å². The van der Waals surface area contributed by atoms with Crippen LogP contribution < -0.4 is 0 Å². The van der Waals surface area contributed by atoms with Crippen molar-refractivity contribution in [3.63, 3.8) is 0 Å². The molecule has 6 heteroatoms. The summed E-state index contributed by atoms with van der Waals surface area (Å²) in [5.41, 5.74) is 0. The van der Waals surface area contributed by atoms with Gasteiger partial charge in [0.05, 0.1) is 0 Å². The normalized spacial score (nSPS) is 12.4. The zero-order valence-electron chi connectivity index (χ0n) is 42.3. The van der Waals surface area contributed by atoms with Crippen molar-refractivity contribution in [3.05, 3.63) is 0 Å². The highest BCUT2D eigenvalue weighted by Crippen LogP contribution is 2.18. The molecule has 0 aromatic rings. The Bertz CT molecular complexity index is 935. The summed E-state index contributed by atoms with van der Waals surface area (Å²) < 4.78 is 16.8.